The second-order valence-corrected chi connectivity index (χ2v) is 6.32. The van der Waals surface area contributed by atoms with Crippen molar-refractivity contribution in [1.82, 2.24) is 0 Å². The van der Waals surface area contributed by atoms with Gasteiger partial charge in [0.1, 0.15) is 5.75 Å². The molecule has 0 aromatic heterocycles. The van der Waals surface area contributed by atoms with E-state index in [1.54, 1.807) is 18.1 Å². The average Bonchev–Trinajstić information content (AvgIpc) is 2.61. The van der Waals surface area contributed by atoms with E-state index in [9.17, 15) is 14.7 Å². The first kappa shape index (κ1) is 17.0. The number of fused-ring (bicyclic) bond motifs is 1. The zero-order valence-electron chi connectivity index (χ0n) is 14.3. The largest absolute Gasteiger partial charge is 0.497 e. The molecule has 0 fully saturated rings. The van der Waals surface area contributed by atoms with E-state index in [0.29, 0.717) is 17.7 Å². The topological polar surface area (TPSA) is 66.8 Å². The van der Waals surface area contributed by atoms with Gasteiger partial charge in [-0.2, -0.15) is 0 Å². The Bertz CT molecular complexity index is 785. The summed E-state index contributed by atoms with van der Waals surface area (Å²) in [7, 11) is 1.60. The summed E-state index contributed by atoms with van der Waals surface area (Å²) in [4.78, 5) is 26.2. The fourth-order valence-electron chi connectivity index (χ4n) is 3.43. The molecular formula is C20H21NO4. The molecule has 2 aromatic rings. The van der Waals surface area contributed by atoms with E-state index in [4.69, 9.17) is 4.74 Å². The molecule has 25 heavy (non-hydrogen) atoms. The van der Waals surface area contributed by atoms with E-state index >= 15 is 0 Å². The van der Waals surface area contributed by atoms with Gasteiger partial charge in [0.2, 0.25) is 5.91 Å². The number of aliphatic carboxylic acids is 1. The molecule has 0 saturated heterocycles. The smallest absolute Gasteiger partial charge is 0.311 e. The van der Waals surface area contributed by atoms with Crippen molar-refractivity contribution in [1.29, 1.82) is 0 Å². The van der Waals surface area contributed by atoms with Gasteiger partial charge in [0, 0.05) is 11.7 Å². The zero-order valence-corrected chi connectivity index (χ0v) is 14.3. The highest BCUT2D eigenvalue weighted by molar-refractivity contribution is 5.98. The average molecular weight is 339 g/mol. The minimum absolute atomic E-state index is 0.0334. The van der Waals surface area contributed by atoms with Gasteiger partial charge in [-0.1, -0.05) is 30.3 Å². The Hall–Kier alpha value is -2.82. The Morgan fingerprint density at radius 2 is 1.84 bits per heavy atom. The maximum atomic E-state index is 12.9. The monoisotopic (exact) mass is 339 g/mol. The van der Waals surface area contributed by atoms with Crippen LogP contribution < -0.4 is 9.64 Å². The maximum Gasteiger partial charge on any atom is 0.311 e. The molecule has 130 valence electrons. The number of hydrogen-bond donors (Lipinski definition) is 1. The molecule has 1 unspecified atom stereocenters. The van der Waals surface area contributed by atoms with Crippen molar-refractivity contribution in [3.63, 3.8) is 0 Å². The van der Waals surface area contributed by atoms with Crippen LogP contribution in [0.4, 0.5) is 5.69 Å². The quantitative estimate of drug-likeness (QED) is 0.929. The van der Waals surface area contributed by atoms with Gasteiger partial charge in [0.15, 0.2) is 0 Å². The number of carbonyl (C=O) groups is 2. The van der Waals surface area contributed by atoms with Crippen LogP contribution >= 0.6 is 0 Å². The second-order valence-electron chi connectivity index (χ2n) is 6.32. The summed E-state index contributed by atoms with van der Waals surface area (Å²) >= 11 is 0. The van der Waals surface area contributed by atoms with Crippen LogP contribution in [0.2, 0.25) is 0 Å². The molecule has 0 bridgehead atoms. The number of methoxy groups -OCH3 is 1. The van der Waals surface area contributed by atoms with E-state index < -0.39 is 11.9 Å². The summed E-state index contributed by atoms with van der Waals surface area (Å²) in [5, 5.41) is 9.50. The standard InChI is InChI=1S/C20H21NO4/c1-13-11-17(20(23)24)16-5-3-4-6-18(16)21(13)19(22)12-14-7-9-15(25-2)10-8-14/h3-10,13,17H,11-12H2,1-2H3,(H,23,24)/t13-,17?/m0/s1. The number of rotatable bonds is 4. The normalized spacial score (nSPS) is 19.2. The third kappa shape index (κ3) is 3.36. The summed E-state index contributed by atoms with van der Waals surface area (Å²) in [6.07, 6.45) is 0.682. The van der Waals surface area contributed by atoms with Crippen molar-refractivity contribution < 1.29 is 19.4 Å². The van der Waals surface area contributed by atoms with Gasteiger partial charge in [0.25, 0.3) is 0 Å². The first-order chi connectivity index (χ1) is 12.0. The first-order valence-electron chi connectivity index (χ1n) is 8.28. The number of hydrogen-bond acceptors (Lipinski definition) is 3. The van der Waals surface area contributed by atoms with Gasteiger partial charge in [-0.15, -0.1) is 0 Å². The highest BCUT2D eigenvalue weighted by atomic mass is 16.5. The Morgan fingerprint density at radius 3 is 2.48 bits per heavy atom. The van der Waals surface area contributed by atoms with Crippen molar-refractivity contribution in [3.8, 4) is 5.75 Å². The maximum absolute atomic E-state index is 12.9. The van der Waals surface area contributed by atoms with Crippen molar-refractivity contribution in [2.24, 2.45) is 0 Å². The molecule has 0 radical (unpaired) electrons. The molecule has 0 spiro atoms. The lowest BCUT2D eigenvalue weighted by Gasteiger charge is -2.38. The molecule has 0 aliphatic carbocycles. The lowest BCUT2D eigenvalue weighted by molar-refractivity contribution is -0.139. The van der Waals surface area contributed by atoms with E-state index in [-0.39, 0.29) is 18.4 Å². The minimum Gasteiger partial charge on any atom is -0.497 e. The van der Waals surface area contributed by atoms with Crippen molar-refractivity contribution in [2.75, 3.05) is 12.0 Å². The highest BCUT2D eigenvalue weighted by Crippen LogP contribution is 2.38. The summed E-state index contributed by atoms with van der Waals surface area (Å²) in [5.41, 5.74) is 2.30. The van der Waals surface area contributed by atoms with Crippen molar-refractivity contribution in [3.05, 3.63) is 59.7 Å². The Balaban J connectivity index is 1.88. The van der Waals surface area contributed by atoms with E-state index in [2.05, 4.69) is 0 Å². The third-order valence-electron chi connectivity index (χ3n) is 4.67. The van der Waals surface area contributed by atoms with Gasteiger partial charge < -0.3 is 14.7 Å². The van der Waals surface area contributed by atoms with Crippen LogP contribution in [-0.4, -0.2) is 30.1 Å². The number of anilines is 1. The number of para-hydroxylation sites is 1. The van der Waals surface area contributed by atoms with Crippen LogP contribution in [0.25, 0.3) is 0 Å². The van der Waals surface area contributed by atoms with Gasteiger partial charge in [-0.05, 0) is 42.7 Å². The van der Waals surface area contributed by atoms with E-state index in [1.165, 1.54) is 0 Å². The van der Waals surface area contributed by atoms with Crippen LogP contribution in [0.15, 0.2) is 48.5 Å². The molecule has 5 heteroatoms. The number of nitrogens with zero attached hydrogens (tertiary/aromatic N) is 1. The number of carboxylic acids is 1. The molecule has 2 aromatic carbocycles. The first-order valence-corrected chi connectivity index (χ1v) is 8.28. The molecule has 1 aliphatic heterocycles. The van der Waals surface area contributed by atoms with E-state index in [0.717, 1.165) is 11.3 Å². The second kappa shape index (κ2) is 6.97. The molecule has 1 N–H and O–H groups in total. The summed E-state index contributed by atoms with van der Waals surface area (Å²) in [6, 6.07) is 14.5. The number of amides is 1. The predicted octanol–water partition coefficient (Wildman–Crippen LogP) is 3.23. The van der Waals surface area contributed by atoms with E-state index in [1.807, 2.05) is 49.4 Å². The number of carboxylic acid groups (broad SMARTS) is 1. The van der Waals surface area contributed by atoms with Gasteiger partial charge >= 0.3 is 5.97 Å². The SMILES string of the molecule is COc1ccc(CC(=O)N2c3ccccc3C(C(=O)O)C[C@@H]2C)cc1. The van der Waals surface area contributed by atoms with Gasteiger partial charge in [-0.25, -0.2) is 0 Å². The van der Waals surface area contributed by atoms with Crippen LogP contribution in [0.1, 0.15) is 30.4 Å². The zero-order chi connectivity index (χ0) is 18.0. The fourth-order valence-corrected chi connectivity index (χ4v) is 3.43. The highest BCUT2D eigenvalue weighted by Gasteiger charge is 2.36. The summed E-state index contributed by atoms with van der Waals surface area (Å²) in [6.45, 7) is 1.90. The minimum atomic E-state index is -0.846. The summed E-state index contributed by atoms with van der Waals surface area (Å²) < 4.78 is 5.14. The van der Waals surface area contributed by atoms with Crippen LogP contribution in [0.5, 0.6) is 5.75 Å². The number of carbonyl (C=O) groups excluding carboxylic acids is 1. The molecule has 0 saturated carbocycles. The molecule has 1 amide bonds. The predicted molar refractivity (Wildman–Crippen MR) is 95.1 cm³/mol. The molecule has 5 nitrogen and oxygen atoms in total. The molecular weight excluding hydrogens is 318 g/mol. The Labute approximate surface area is 146 Å². The molecule has 1 aliphatic rings. The molecule has 1 heterocycles. The van der Waals surface area contributed by atoms with Crippen molar-refractivity contribution in [2.45, 2.75) is 31.7 Å². The fraction of sp³-hybridized carbons (Fsp3) is 0.300. The Morgan fingerprint density at radius 1 is 1.16 bits per heavy atom. The lowest BCUT2D eigenvalue weighted by atomic mass is 9.86. The Kier molecular flexibility index (Phi) is 4.74. The third-order valence-corrected chi connectivity index (χ3v) is 4.67. The van der Waals surface area contributed by atoms with Crippen LogP contribution in [0.3, 0.4) is 0 Å². The lowest BCUT2D eigenvalue weighted by Crippen LogP contribution is -2.45. The molecule has 2 atom stereocenters. The number of ether oxygens (including phenoxy) is 1. The molecule has 3 rings (SSSR count). The van der Waals surface area contributed by atoms with Gasteiger partial charge in [0.05, 0.1) is 19.4 Å². The van der Waals surface area contributed by atoms with Gasteiger partial charge in [-0.3, -0.25) is 9.59 Å². The summed E-state index contributed by atoms with van der Waals surface area (Å²) in [5.74, 6) is -0.705. The van der Waals surface area contributed by atoms with Crippen LogP contribution in [-0.2, 0) is 16.0 Å². The number of benzene rings is 2. The van der Waals surface area contributed by atoms with Crippen molar-refractivity contribution >= 4 is 17.6 Å². The van der Waals surface area contributed by atoms with Crippen LogP contribution in [0, 0.1) is 0 Å².